The van der Waals surface area contributed by atoms with Crippen LogP contribution < -0.4 is 0 Å². The Morgan fingerprint density at radius 3 is 2.18 bits per heavy atom. The van der Waals surface area contributed by atoms with Crippen LogP contribution in [0.1, 0.15) is 13.3 Å². The first-order valence-electron chi connectivity index (χ1n) is 3.02. The first kappa shape index (κ1) is 9.68. The lowest BCUT2D eigenvalue weighted by Gasteiger charge is -1.95. The average molecular weight is 157 g/mol. The minimum atomic E-state index is -1.23. The van der Waals surface area contributed by atoms with E-state index in [1.807, 2.05) is 0 Å². The van der Waals surface area contributed by atoms with Gasteiger partial charge in [-0.2, -0.15) is 0 Å². The van der Waals surface area contributed by atoms with E-state index >= 15 is 0 Å². The zero-order valence-electron chi connectivity index (χ0n) is 6.07. The monoisotopic (exact) mass is 157 g/mol. The molecule has 0 spiro atoms. The van der Waals surface area contributed by atoms with E-state index in [-0.39, 0.29) is 12.0 Å². The lowest BCUT2D eigenvalue weighted by Crippen LogP contribution is -2.03. The number of carbonyl (C=O) groups is 2. The maximum absolute atomic E-state index is 10.3. The molecule has 0 heterocycles. The largest absolute Gasteiger partial charge is 0.478 e. The van der Waals surface area contributed by atoms with Crippen molar-refractivity contribution in [2.75, 3.05) is 0 Å². The highest BCUT2D eigenvalue weighted by Crippen LogP contribution is 2.03. The third kappa shape index (κ3) is 4.13. The zero-order chi connectivity index (χ0) is 8.85. The molecule has 0 aliphatic heterocycles. The summed E-state index contributed by atoms with van der Waals surface area (Å²) in [5.41, 5.74) is -0.111. The summed E-state index contributed by atoms with van der Waals surface area (Å²) in [5.74, 6) is -2.42. The third-order valence-corrected chi connectivity index (χ3v) is 0.996. The second kappa shape index (κ2) is 4.49. The van der Waals surface area contributed by atoms with Crippen molar-refractivity contribution in [1.82, 2.24) is 0 Å². The SMILES string of the molecule is C[CH]C/C(=C\C(=O)O)C(=O)O. The second-order valence-electron chi connectivity index (χ2n) is 1.93. The van der Waals surface area contributed by atoms with Gasteiger partial charge >= 0.3 is 11.9 Å². The number of carboxylic acids is 2. The van der Waals surface area contributed by atoms with Gasteiger partial charge in [0.25, 0.3) is 0 Å². The number of hydrogen-bond acceptors (Lipinski definition) is 2. The highest BCUT2D eigenvalue weighted by molar-refractivity contribution is 5.94. The number of hydrogen-bond donors (Lipinski definition) is 2. The van der Waals surface area contributed by atoms with Gasteiger partial charge in [0.2, 0.25) is 0 Å². The van der Waals surface area contributed by atoms with Crippen LogP contribution in [0.15, 0.2) is 11.6 Å². The van der Waals surface area contributed by atoms with E-state index in [0.717, 1.165) is 0 Å². The van der Waals surface area contributed by atoms with E-state index in [4.69, 9.17) is 10.2 Å². The summed E-state index contributed by atoms with van der Waals surface area (Å²) in [6.07, 6.45) is 2.45. The number of carboxylic acid groups (broad SMARTS) is 2. The van der Waals surface area contributed by atoms with Gasteiger partial charge in [-0.1, -0.05) is 6.92 Å². The van der Waals surface area contributed by atoms with Crippen molar-refractivity contribution in [2.24, 2.45) is 0 Å². The van der Waals surface area contributed by atoms with Gasteiger partial charge in [-0.25, -0.2) is 9.59 Å². The Labute approximate surface area is 64.2 Å². The smallest absolute Gasteiger partial charge is 0.331 e. The van der Waals surface area contributed by atoms with E-state index in [9.17, 15) is 9.59 Å². The summed E-state index contributed by atoms with van der Waals surface area (Å²) < 4.78 is 0. The molecule has 0 atom stereocenters. The van der Waals surface area contributed by atoms with Crippen molar-refractivity contribution < 1.29 is 19.8 Å². The Hall–Kier alpha value is -1.32. The molecule has 0 unspecified atom stereocenters. The molecule has 2 N–H and O–H groups in total. The molecule has 0 aliphatic rings. The van der Waals surface area contributed by atoms with Crippen LogP contribution in [0.3, 0.4) is 0 Å². The second-order valence-corrected chi connectivity index (χ2v) is 1.93. The van der Waals surface area contributed by atoms with Crippen molar-refractivity contribution in [2.45, 2.75) is 13.3 Å². The Kier molecular flexibility index (Phi) is 3.95. The predicted octanol–water partition coefficient (Wildman–Crippen LogP) is 0.696. The van der Waals surface area contributed by atoms with Gasteiger partial charge in [0, 0.05) is 11.6 Å². The highest BCUT2D eigenvalue weighted by atomic mass is 16.4. The van der Waals surface area contributed by atoms with Crippen LogP contribution in [0.2, 0.25) is 0 Å². The van der Waals surface area contributed by atoms with Crippen molar-refractivity contribution >= 4 is 11.9 Å². The molecule has 0 rings (SSSR count). The Balaban J connectivity index is 4.32. The molecule has 0 saturated heterocycles. The van der Waals surface area contributed by atoms with Crippen LogP contribution in [0.25, 0.3) is 0 Å². The van der Waals surface area contributed by atoms with E-state index in [1.54, 1.807) is 13.3 Å². The fourth-order valence-electron chi connectivity index (χ4n) is 0.577. The molecule has 0 saturated carbocycles. The first-order chi connectivity index (χ1) is 5.07. The molecule has 11 heavy (non-hydrogen) atoms. The van der Waals surface area contributed by atoms with Crippen LogP contribution in [-0.4, -0.2) is 22.2 Å². The topological polar surface area (TPSA) is 74.6 Å². The van der Waals surface area contributed by atoms with Gasteiger partial charge in [-0.05, 0) is 12.8 Å². The molecule has 0 aromatic rings. The van der Waals surface area contributed by atoms with Crippen LogP contribution in [0, 0.1) is 6.42 Å². The quantitative estimate of drug-likeness (QED) is 0.589. The number of aliphatic carboxylic acids is 2. The van der Waals surface area contributed by atoms with Crippen molar-refractivity contribution in [1.29, 1.82) is 0 Å². The molecular formula is C7H9O4. The van der Waals surface area contributed by atoms with Crippen LogP contribution >= 0.6 is 0 Å². The predicted molar refractivity (Wildman–Crippen MR) is 37.9 cm³/mol. The minimum absolute atomic E-state index is 0.111. The van der Waals surface area contributed by atoms with Gasteiger partial charge in [0.15, 0.2) is 0 Å². The molecule has 0 amide bonds. The molecule has 0 fully saturated rings. The molecule has 61 valence electrons. The van der Waals surface area contributed by atoms with Crippen molar-refractivity contribution in [3.05, 3.63) is 18.1 Å². The van der Waals surface area contributed by atoms with Crippen LogP contribution in [-0.2, 0) is 9.59 Å². The molecule has 4 nitrogen and oxygen atoms in total. The summed E-state index contributed by atoms with van der Waals surface area (Å²) in [4.78, 5) is 20.3. The van der Waals surface area contributed by atoms with Gasteiger partial charge in [-0.15, -0.1) is 0 Å². The molecule has 0 aromatic heterocycles. The molecule has 1 radical (unpaired) electrons. The Bertz CT molecular complexity index is 193. The summed E-state index contributed by atoms with van der Waals surface area (Å²) in [5, 5.41) is 16.6. The molecule has 4 heteroatoms. The van der Waals surface area contributed by atoms with Crippen LogP contribution in [0.5, 0.6) is 0 Å². The fraction of sp³-hybridized carbons (Fsp3) is 0.286. The van der Waals surface area contributed by atoms with E-state index < -0.39 is 11.9 Å². The van der Waals surface area contributed by atoms with Gasteiger partial charge in [0.1, 0.15) is 0 Å². The third-order valence-electron chi connectivity index (χ3n) is 0.996. The van der Waals surface area contributed by atoms with Gasteiger partial charge < -0.3 is 10.2 Å². The minimum Gasteiger partial charge on any atom is -0.478 e. The standard InChI is InChI=1S/C7H9O4/c1-2-3-5(7(10)11)4-6(8)9/h2,4H,3H2,1H3,(H,8,9)(H,10,11)/b5-4+. The summed E-state index contributed by atoms with van der Waals surface area (Å²) in [6, 6.07) is 0. The molecule has 0 aromatic carbocycles. The Morgan fingerprint density at radius 1 is 1.36 bits per heavy atom. The lowest BCUT2D eigenvalue weighted by atomic mass is 10.1. The Morgan fingerprint density at radius 2 is 1.91 bits per heavy atom. The first-order valence-corrected chi connectivity index (χ1v) is 3.02. The molecule has 0 aliphatic carbocycles. The fourth-order valence-corrected chi connectivity index (χ4v) is 0.577. The van der Waals surface area contributed by atoms with E-state index in [0.29, 0.717) is 6.08 Å². The van der Waals surface area contributed by atoms with E-state index in [1.165, 1.54) is 0 Å². The van der Waals surface area contributed by atoms with E-state index in [2.05, 4.69) is 0 Å². The highest BCUT2D eigenvalue weighted by Gasteiger charge is 2.07. The summed E-state index contributed by atoms with van der Waals surface area (Å²) >= 11 is 0. The van der Waals surface area contributed by atoms with Gasteiger partial charge in [-0.3, -0.25) is 0 Å². The molecular weight excluding hydrogens is 148 g/mol. The summed E-state index contributed by atoms with van der Waals surface area (Å²) in [6.45, 7) is 1.67. The normalized spacial score (nSPS) is 11.2. The maximum Gasteiger partial charge on any atom is 0.331 e. The average Bonchev–Trinajstić information content (AvgIpc) is 1.86. The van der Waals surface area contributed by atoms with Crippen molar-refractivity contribution in [3.63, 3.8) is 0 Å². The maximum atomic E-state index is 10.3. The molecule has 0 bridgehead atoms. The van der Waals surface area contributed by atoms with Crippen LogP contribution in [0.4, 0.5) is 0 Å². The van der Waals surface area contributed by atoms with Gasteiger partial charge in [0.05, 0.1) is 0 Å². The lowest BCUT2D eigenvalue weighted by molar-refractivity contribution is -0.135. The number of rotatable bonds is 4. The van der Waals surface area contributed by atoms with Crippen molar-refractivity contribution in [3.8, 4) is 0 Å². The zero-order valence-corrected chi connectivity index (χ0v) is 6.07. The summed E-state index contributed by atoms with van der Waals surface area (Å²) in [7, 11) is 0.